The number of rotatable bonds is 7. The molecule has 156 valence electrons. The number of piperidine rings is 1. The first kappa shape index (κ1) is 21.3. The van der Waals surface area contributed by atoms with E-state index >= 15 is 0 Å². The number of nitrogens with one attached hydrogen (secondary N) is 1. The number of hydrogen-bond donors (Lipinski definition) is 1. The molecular formula is C22H28N2O4S. The molecule has 2 aromatic carbocycles. The van der Waals surface area contributed by atoms with Crippen LogP contribution in [0.15, 0.2) is 48.5 Å². The van der Waals surface area contributed by atoms with E-state index in [-0.39, 0.29) is 17.6 Å². The van der Waals surface area contributed by atoms with Crippen LogP contribution in [0, 0.1) is 12.8 Å². The summed E-state index contributed by atoms with van der Waals surface area (Å²) in [6.45, 7) is 3.17. The van der Waals surface area contributed by atoms with Gasteiger partial charge in [0.05, 0.1) is 12.9 Å². The van der Waals surface area contributed by atoms with Crippen LogP contribution in [0.25, 0.3) is 0 Å². The third-order valence-electron chi connectivity index (χ3n) is 5.29. The largest absolute Gasteiger partial charge is 0.497 e. The SMILES string of the molecule is COc1cccc(CNC(=O)C2CCN(S(=O)(=O)Cc3ccc(C)cc3)CC2)c1. The second-order valence-corrected chi connectivity index (χ2v) is 9.45. The average molecular weight is 417 g/mol. The molecule has 3 rings (SSSR count). The van der Waals surface area contributed by atoms with Gasteiger partial charge in [-0.05, 0) is 43.0 Å². The number of sulfonamides is 1. The molecule has 1 aliphatic heterocycles. The van der Waals surface area contributed by atoms with Crippen LogP contribution in [0.2, 0.25) is 0 Å². The van der Waals surface area contributed by atoms with Gasteiger partial charge >= 0.3 is 0 Å². The number of hydrogen-bond acceptors (Lipinski definition) is 4. The zero-order valence-corrected chi connectivity index (χ0v) is 17.7. The molecular weight excluding hydrogens is 388 g/mol. The highest BCUT2D eigenvalue weighted by molar-refractivity contribution is 7.88. The Hall–Kier alpha value is -2.38. The number of nitrogens with zero attached hydrogens (tertiary/aromatic N) is 1. The fourth-order valence-electron chi connectivity index (χ4n) is 3.50. The number of carbonyl (C=O) groups excluding carboxylic acids is 1. The predicted octanol–water partition coefficient (Wildman–Crippen LogP) is 2.86. The van der Waals surface area contributed by atoms with Gasteiger partial charge in [-0.1, -0.05) is 42.0 Å². The van der Waals surface area contributed by atoms with Crippen molar-refractivity contribution in [3.05, 3.63) is 65.2 Å². The van der Waals surface area contributed by atoms with Crippen LogP contribution in [0.3, 0.4) is 0 Å². The summed E-state index contributed by atoms with van der Waals surface area (Å²) in [6, 6.07) is 15.1. The van der Waals surface area contributed by atoms with E-state index in [1.807, 2.05) is 55.5 Å². The van der Waals surface area contributed by atoms with E-state index in [0.29, 0.717) is 32.5 Å². The predicted molar refractivity (Wildman–Crippen MR) is 113 cm³/mol. The van der Waals surface area contributed by atoms with E-state index in [1.165, 1.54) is 4.31 Å². The zero-order chi connectivity index (χ0) is 20.9. The lowest BCUT2D eigenvalue weighted by Crippen LogP contribution is -2.43. The first-order valence-corrected chi connectivity index (χ1v) is 11.4. The maximum atomic E-state index is 12.7. The zero-order valence-electron chi connectivity index (χ0n) is 16.9. The molecule has 1 amide bonds. The maximum Gasteiger partial charge on any atom is 0.223 e. The molecule has 1 N–H and O–H groups in total. The number of aryl methyl sites for hydroxylation is 1. The lowest BCUT2D eigenvalue weighted by Gasteiger charge is -2.30. The Morgan fingerprint density at radius 1 is 1.10 bits per heavy atom. The fraction of sp³-hybridized carbons (Fsp3) is 0.409. The summed E-state index contributed by atoms with van der Waals surface area (Å²) in [7, 11) is -1.76. The van der Waals surface area contributed by atoms with Gasteiger partial charge in [-0.15, -0.1) is 0 Å². The van der Waals surface area contributed by atoms with Gasteiger partial charge < -0.3 is 10.1 Å². The van der Waals surface area contributed by atoms with Crippen molar-refractivity contribution in [2.75, 3.05) is 20.2 Å². The van der Waals surface area contributed by atoms with E-state index in [0.717, 1.165) is 22.4 Å². The van der Waals surface area contributed by atoms with E-state index < -0.39 is 10.0 Å². The Labute approximate surface area is 172 Å². The van der Waals surface area contributed by atoms with E-state index in [9.17, 15) is 13.2 Å². The van der Waals surface area contributed by atoms with Crippen LogP contribution >= 0.6 is 0 Å². The van der Waals surface area contributed by atoms with Crippen molar-refractivity contribution in [1.82, 2.24) is 9.62 Å². The number of amides is 1. The summed E-state index contributed by atoms with van der Waals surface area (Å²) in [4.78, 5) is 12.5. The Morgan fingerprint density at radius 2 is 1.79 bits per heavy atom. The van der Waals surface area contributed by atoms with Crippen molar-refractivity contribution in [3.63, 3.8) is 0 Å². The Balaban J connectivity index is 1.50. The van der Waals surface area contributed by atoms with E-state index in [2.05, 4.69) is 5.32 Å². The van der Waals surface area contributed by atoms with Gasteiger partial charge in [0.25, 0.3) is 0 Å². The minimum absolute atomic E-state index is 0.0000167. The lowest BCUT2D eigenvalue weighted by molar-refractivity contribution is -0.126. The smallest absolute Gasteiger partial charge is 0.223 e. The molecule has 0 aliphatic carbocycles. The van der Waals surface area contributed by atoms with Gasteiger partial charge in [-0.2, -0.15) is 0 Å². The van der Waals surface area contributed by atoms with Gasteiger partial charge in [-0.3, -0.25) is 4.79 Å². The molecule has 0 aromatic heterocycles. The highest BCUT2D eigenvalue weighted by atomic mass is 32.2. The summed E-state index contributed by atoms with van der Waals surface area (Å²) >= 11 is 0. The molecule has 6 nitrogen and oxygen atoms in total. The molecule has 0 atom stereocenters. The standard InChI is InChI=1S/C22H28N2O4S/c1-17-6-8-18(9-7-17)16-29(26,27)24-12-10-20(11-13-24)22(25)23-15-19-4-3-5-21(14-19)28-2/h3-9,14,20H,10-13,15-16H2,1-2H3,(H,23,25). The third-order valence-corrected chi connectivity index (χ3v) is 7.14. The second-order valence-electron chi connectivity index (χ2n) is 7.48. The Bertz CT molecular complexity index is 934. The van der Waals surface area contributed by atoms with Crippen molar-refractivity contribution in [2.24, 2.45) is 5.92 Å². The molecule has 1 fully saturated rings. The van der Waals surface area contributed by atoms with Crippen LogP contribution < -0.4 is 10.1 Å². The average Bonchev–Trinajstić information content (AvgIpc) is 2.74. The first-order chi connectivity index (χ1) is 13.9. The van der Waals surface area contributed by atoms with E-state index in [4.69, 9.17) is 4.74 Å². The van der Waals surface area contributed by atoms with Gasteiger partial charge in [0.1, 0.15) is 5.75 Å². The monoisotopic (exact) mass is 416 g/mol. The molecule has 2 aromatic rings. The van der Waals surface area contributed by atoms with Crippen molar-refractivity contribution in [2.45, 2.75) is 32.1 Å². The van der Waals surface area contributed by atoms with Crippen LogP contribution in [0.4, 0.5) is 0 Å². The molecule has 1 saturated heterocycles. The first-order valence-electron chi connectivity index (χ1n) is 9.81. The number of ether oxygens (including phenoxy) is 1. The van der Waals surface area contributed by atoms with Crippen LogP contribution in [0.1, 0.15) is 29.5 Å². The summed E-state index contributed by atoms with van der Waals surface area (Å²) in [5.74, 6) is 0.568. The normalized spacial score (nSPS) is 15.8. The van der Waals surface area contributed by atoms with Gasteiger partial charge in [-0.25, -0.2) is 12.7 Å². The Kier molecular flexibility index (Phi) is 6.92. The van der Waals surface area contributed by atoms with Gasteiger partial charge in [0, 0.05) is 25.6 Å². The lowest BCUT2D eigenvalue weighted by atomic mass is 9.97. The molecule has 7 heteroatoms. The number of benzene rings is 2. The third kappa shape index (κ3) is 5.81. The molecule has 0 bridgehead atoms. The molecule has 29 heavy (non-hydrogen) atoms. The van der Waals surface area contributed by atoms with Crippen molar-refractivity contribution in [1.29, 1.82) is 0 Å². The highest BCUT2D eigenvalue weighted by Crippen LogP contribution is 2.22. The highest BCUT2D eigenvalue weighted by Gasteiger charge is 2.31. The van der Waals surface area contributed by atoms with Crippen molar-refractivity contribution in [3.8, 4) is 5.75 Å². The maximum absolute atomic E-state index is 12.7. The molecule has 0 unspecified atom stereocenters. The topological polar surface area (TPSA) is 75.7 Å². The summed E-state index contributed by atoms with van der Waals surface area (Å²) in [5, 5.41) is 2.96. The van der Waals surface area contributed by atoms with Crippen LogP contribution in [-0.2, 0) is 27.1 Å². The number of methoxy groups -OCH3 is 1. The summed E-state index contributed by atoms with van der Waals surface area (Å²) in [5.41, 5.74) is 2.86. The van der Waals surface area contributed by atoms with E-state index in [1.54, 1.807) is 7.11 Å². The quantitative estimate of drug-likeness (QED) is 0.753. The summed E-state index contributed by atoms with van der Waals surface area (Å²) < 4.78 is 32.1. The van der Waals surface area contributed by atoms with Gasteiger partial charge in [0.15, 0.2) is 0 Å². The molecule has 0 saturated carbocycles. The fourth-order valence-corrected chi connectivity index (χ4v) is 5.06. The van der Waals surface area contributed by atoms with Crippen LogP contribution in [0.5, 0.6) is 5.75 Å². The number of carbonyl (C=O) groups is 1. The van der Waals surface area contributed by atoms with Crippen molar-refractivity contribution < 1.29 is 17.9 Å². The van der Waals surface area contributed by atoms with Gasteiger partial charge in [0.2, 0.25) is 15.9 Å². The molecule has 1 aliphatic rings. The second kappa shape index (κ2) is 9.41. The summed E-state index contributed by atoms with van der Waals surface area (Å²) in [6.07, 6.45) is 1.08. The molecule has 1 heterocycles. The van der Waals surface area contributed by atoms with Crippen LogP contribution in [-0.4, -0.2) is 38.8 Å². The minimum Gasteiger partial charge on any atom is -0.497 e. The molecule has 0 radical (unpaired) electrons. The Morgan fingerprint density at radius 3 is 2.45 bits per heavy atom. The minimum atomic E-state index is -3.37. The molecule has 0 spiro atoms. The van der Waals surface area contributed by atoms with Crippen molar-refractivity contribution >= 4 is 15.9 Å².